The molecule has 0 aliphatic heterocycles. The van der Waals surface area contributed by atoms with Crippen LogP contribution in [0.25, 0.3) is 0 Å². The van der Waals surface area contributed by atoms with E-state index in [9.17, 15) is 4.79 Å². The van der Waals surface area contributed by atoms with Gasteiger partial charge in [-0.15, -0.1) is 0 Å². The number of nitriles is 1. The van der Waals surface area contributed by atoms with Crippen LogP contribution in [0.4, 0.5) is 5.95 Å². The molecule has 102 valence electrons. The largest absolute Gasteiger partial charge is 0.465 e. The summed E-state index contributed by atoms with van der Waals surface area (Å²) in [5.41, 5.74) is 0. The fourth-order valence-electron chi connectivity index (χ4n) is 1.27. The fraction of sp³-hybridized carbons (Fsp3) is 0.545. The number of ether oxygens (including phenoxy) is 1. The van der Waals surface area contributed by atoms with Gasteiger partial charge in [-0.1, -0.05) is 11.8 Å². The molecule has 0 saturated heterocycles. The first kappa shape index (κ1) is 15.2. The molecule has 7 nitrogen and oxygen atoms in total. The van der Waals surface area contributed by atoms with E-state index in [-0.39, 0.29) is 12.4 Å². The van der Waals surface area contributed by atoms with Crippen LogP contribution in [0, 0.1) is 11.3 Å². The van der Waals surface area contributed by atoms with E-state index in [2.05, 4.69) is 20.3 Å². The Kier molecular flexibility index (Phi) is 6.02. The van der Waals surface area contributed by atoms with Crippen molar-refractivity contribution in [2.45, 2.75) is 24.9 Å². The van der Waals surface area contributed by atoms with Gasteiger partial charge in [0.15, 0.2) is 11.0 Å². The second kappa shape index (κ2) is 7.53. The van der Waals surface area contributed by atoms with Gasteiger partial charge in [-0.05, 0) is 20.1 Å². The summed E-state index contributed by atoms with van der Waals surface area (Å²) in [6.45, 7) is 4.41. The van der Waals surface area contributed by atoms with Gasteiger partial charge in [0, 0.05) is 6.54 Å². The minimum atomic E-state index is -1.13. The van der Waals surface area contributed by atoms with Gasteiger partial charge >= 0.3 is 5.97 Å². The van der Waals surface area contributed by atoms with Crippen LogP contribution in [0.3, 0.4) is 0 Å². The van der Waals surface area contributed by atoms with Crippen LogP contribution in [-0.2, 0) is 9.53 Å². The molecule has 19 heavy (non-hydrogen) atoms. The minimum absolute atomic E-state index is 0.108. The van der Waals surface area contributed by atoms with Gasteiger partial charge in [-0.3, -0.25) is 4.79 Å². The van der Waals surface area contributed by atoms with Gasteiger partial charge in [0.2, 0.25) is 11.9 Å². The van der Waals surface area contributed by atoms with Crippen molar-refractivity contribution in [3.05, 3.63) is 5.82 Å². The molecule has 0 saturated carbocycles. The number of esters is 1. The molecule has 8 heteroatoms. The number of carbonyl (C=O) groups excluding carboxylic acids is 1. The molecule has 0 aliphatic rings. The second-order valence-electron chi connectivity index (χ2n) is 3.35. The first-order valence-electron chi connectivity index (χ1n) is 5.76. The zero-order valence-corrected chi connectivity index (χ0v) is 11.8. The minimum Gasteiger partial charge on any atom is -0.465 e. The Morgan fingerprint density at radius 3 is 2.74 bits per heavy atom. The van der Waals surface area contributed by atoms with Crippen LogP contribution in [0.2, 0.25) is 0 Å². The summed E-state index contributed by atoms with van der Waals surface area (Å²) in [5.74, 6) is -1.32. The van der Waals surface area contributed by atoms with Crippen LogP contribution in [-0.4, -0.2) is 40.3 Å². The van der Waals surface area contributed by atoms with Crippen molar-refractivity contribution in [3.63, 3.8) is 0 Å². The second-order valence-corrected chi connectivity index (χ2v) is 4.12. The summed E-state index contributed by atoms with van der Waals surface area (Å²) in [5, 5.41) is 12.5. The Morgan fingerprint density at radius 1 is 1.47 bits per heavy atom. The van der Waals surface area contributed by atoms with Crippen molar-refractivity contribution in [2.24, 2.45) is 0 Å². The van der Waals surface area contributed by atoms with Gasteiger partial charge in [-0.2, -0.15) is 15.2 Å². The van der Waals surface area contributed by atoms with E-state index in [1.54, 1.807) is 13.2 Å². The summed E-state index contributed by atoms with van der Waals surface area (Å²) >= 11 is 1.31. The SMILES string of the molecule is CCNc1nc(SC)nc(C(C#N)C(=O)OCC)n1. The van der Waals surface area contributed by atoms with E-state index in [1.165, 1.54) is 11.8 Å². The van der Waals surface area contributed by atoms with Crippen LogP contribution >= 0.6 is 11.8 Å². The van der Waals surface area contributed by atoms with Gasteiger partial charge in [0.25, 0.3) is 0 Å². The van der Waals surface area contributed by atoms with Gasteiger partial charge in [-0.25, -0.2) is 4.98 Å². The van der Waals surface area contributed by atoms with E-state index in [0.717, 1.165) is 0 Å². The highest BCUT2D eigenvalue weighted by Crippen LogP contribution is 2.18. The van der Waals surface area contributed by atoms with E-state index in [4.69, 9.17) is 10.00 Å². The third-order valence-electron chi connectivity index (χ3n) is 2.06. The molecule has 0 radical (unpaired) electrons. The van der Waals surface area contributed by atoms with Crippen LogP contribution < -0.4 is 5.32 Å². The molecule has 1 unspecified atom stereocenters. The zero-order chi connectivity index (χ0) is 14.3. The summed E-state index contributed by atoms with van der Waals surface area (Å²) in [6.07, 6.45) is 1.81. The van der Waals surface area contributed by atoms with E-state index in [1.807, 2.05) is 13.0 Å². The molecule has 1 heterocycles. The lowest BCUT2D eigenvalue weighted by Crippen LogP contribution is -2.19. The van der Waals surface area contributed by atoms with Crippen LogP contribution in [0.1, 0.15) is 25.6 Å². The Hall–Kier alpha value is -1.88. The molecule has 0 amide bonds. The first-order valence-corrected chi connectivity index (χ1v) is 6.98. The maximum atomic E-state index is 11.7. The molecule has 1 atom stereocenters. The summed E-state index contributed by atoms with van der Waals surface area (Å²) in [4.78, 5) is 24.0. The van der Waals surface area contributed by atoms with Crippen LogP contribution in [0.15, 0.2) is 5.16 Å². The molecule has 1 aromatic heterocycles. The number of nitrogens with zero attached hydrogens (tertiary/aromatic N) is 4. The molecular formula is C11H15N5O2S. The Balaban J connectivity index is 3.12. The van der Waals surface area contributed by atoms with E-state index in [0.29, 0.717) is 17.6 Å². The molecule has 0 fully saturated rings. The van der Waals surface area contributed by atoms with Gasteiger partial charge in [0.05, 0.1) is 12.7 Å². The maximum Gasteiger partial charge on any atom is 0.331 e. The Labute approximate surface area is 115 Å². The molecule has 0 aromatic carbocycles. The standard InChI is InChI=1S/C11H15N5O2S/c1-4-13-10-14-8(15-11(16-10)19-3)7(6-12)9(17)18-5-2/h7H,4-5H2,1-3H3,(H,13,14,15,16). The fourth-order valence-corrected chi connectivity index (χ4v) is 1.63. The van der Waals surface area contributed by atoms with Crippen LogP contribution in [0.5, 0.6) is 0 Å². The number of nitrogens with one attached hydrogen (secondary N) is 1. The lowest BCUT2D eigenvalue weighted by Gasteiger charge is -2.09. The third kappa shape index (κ3) is 4.06. The van der Waals surface area contributed by atoms with E-state index >= 15 is 0 Å². The number of thioether (sulfide) groups is 1. The average molecular weight is 281 g/mol. The Bertz CT molecular complexity index is 488. The number of hydrogen-bond acceptors (Lipinski definition) is 8. The number of anilines is 1. The lowest BCUT2D eigenvalue weighted by molar-refractivity contribution is -0.143. The zero-order valence-electron chi connectivity index (χ0n) is 11.0. The summed E-state index contributed by atoms with van der Waals surface area (Å²) in [7, 11) is 0. The quantitative estimate of drug-likeness (QED) is 0.613. The number of aromatic nitrogens is 3. The summed E-state index contributed by atoms with van der Waals surface area (Å²) in [6, 6.07) is 1.86. The smallest absolute Gasteiger partial charge is 0.331 e. The highest BCUT2D eigenvalue weighted by Gasteiger charge is 2.26. The number of rotatable bonds is 6. The van der Waals surface area contributed by atoms with Crippen molar-refractivity contribution < 1.29 is 9.53 Å². The Morgan fingerprint density at radius 2 is 2.21 bits per heavy atom. The number of hydrogen-bond donors (Lipinski definition) is 1. The monoisotopic (exact) mass is 281 g/mol. The number of carbonyl (C=O) groups is 1. The van der Waals surface area contributed by atoms with Crippen molar-refractivity contribution in [2.75, 3.05) is 24.7 Å². The molecule has 1 N–H and O–H groups in total. The summed E-state index contributed by atoms with van der Waals surface area (Å²) < 4.78 is 4.83. The molecule has 0 bridgehead atoms. The van der Waals surface area contributed by atoms with Crippen molar-refractivity contribution >= 4 is 23.7 Å². The molecule has 1 rings (SSSR count). The topological polar surface area (TPSA) is 101 Å². The highest BCUT2D eigenvalue weighted by molar-refractivity contribution is 7.98. The molecule has 1 aromatic rings. The predicted molar refractivity (Wildman–Crippen MR) is 70.8 cm³/mol. The first-order chi connectivity index (χ1) is 9.15. The molecular weight excluding hydrogens is 266 g/mol. The normalized spacial score (nSPS) is 11.5. The van der Waals surface area contributed by atoms with Crippen molar-refractivity contribution in [1.82, 2.24) is 15.0 Å². The van der Waals surface area contributed by atoms with Gasteiger partial charge < -0.3 is 10.1 Å². The third-order valence-corrected chi connectivity index (χ3v) is 2.61. The van der Waals surface area contributed by atoms with E-state index < -0.39 is 11.9 Å². The lowest BCUT2D eigenvalue weighted by atomic mass is 10.1. The molecule has 0 spiro atoms. The van der Waals surface area contributed by atoms with Gasteiger partial charge in [0.1, 0.15) is 0 Å². The molecule has 0 aliphatic carbocycles. The predicted octanol–water partition coefficient (Wildman–Crippen LogP) is 1.20. The maximum absolute atomic E-state index is 11.7. The average Bonchev–Trinajstić information content (AvgIpc) is 2.40. The van der Waals surface area contributed by atoms with Crippen molar-refractivity contribution in [3.8, 4) is 6.07 Å². The van der Waals surface area contributed by atoms with Crippen molar-refractivity contribution in [1.29, 1.82) is 5.26 Å². The highest BCUT2D eigenvalue weighted by atomic mass is 32.2.